The zero-order chi connectivity index (χ0) is 19.3. The van der Waals surface area contributed by atoms with E-state index in [0.717, 1.165) is 0 Å². The van der Waals surface area contributed by atoms with Gasteiger partial charge in [0.15, 0.2) is 0 Å². The van der Waals surface area contributed by atoms with Gasteiger partial charge in [0.1, 0.15) is 0 Å². The summed E-state index contributed by atoms with van der Waals surface area (Å²) < 4.78 is 0. The van der Waals surface area contributed by atoms with Gasteiger partial charge in [0.25, 0.3) is 0 Å². The summed E-state index contributed by atoms with van der Waals surface area (Å²) in [6, 6.07) is 0. The third-order valence-corrected chi connectivity index (χ3v) is 4.10. The van der Waals surface area contributed by atoms with E-state index in [1.807, 2.05) is 0 Å². The van der Waals surface area contributed by atoms with Gasteiger partial charge in [-0.15, -0.1) is 0 Å². The van der Waals surface area contributed by atoms with Crippen LogP contribution in [0.5, 0.6) is 0 Å². The van der Waals surface area contributed by atoms with Gasteiger partial charge in [-0.1, -0.05) is 0 Å². The van der Waals surface area contributed by atoms with Crippen molar-refractivity contribution in [1.29, 1.82) is 0 Å². The Balaban J connectivity index is 0.000000470. The lowest BCUT2D eigenvalue weighted by Gasteiger charge is -2.54. The van der Waals surface area contributed by atoms with Crippen molar-refractivity contribution in [1.82, 2.24) is 9.96 Å². The molecule has 0 unspecified atom stereocenters. The van der Waals surface area contributed by atoms with Crippen LogP contribution < -0.4 is 0 Å². The summed E-state index contributed by atoms with van der Waals surface area (Å²) in [6.45, 7) is 13.2. The predicted octanol–water partition coefficient (Wildman–Crippen LogP) is 1.11. The molecule has 0 spiro atoms. The van der Waals surface area contributed by atoms with Gasteiger partial charge >= 0.3 is 11.9 Å². The minimum absolute atomic E-state index is 0.0980. The minimum atomic E-state index is -1.16. The number of hydrogen-bond donors (Lipinski definition) is 4. The van der Waals surface area contributed by atoms with Gasteiger partial charge in [-0.05, 0) is 41.5 Å². The number of piperazine rings is 1. The average Bonchev–Trinajstić information content (AvgIpc) is 2.31. The van der Waals surface area contributed by atoms with Crippen molar-refractivity contribution in [2.75, 3.05) is 26.2 Å². The zero-order valence-electron chi connectivity index (χ0n) is 15.5. The summed E-state index contributed by atoms with van der Waals surface area (Å²) in [5, 5.41) is 36.7. The van der Waals surface area contributed by atoms with Crippen LogP contribution in [0.25, 0.3) is 0 Å². The van der Waals surface area contributed by atoms with E-state index in [2.05, 4.69) is 32.6 Å². The lowest BCUT2D eigenvalue weighted by molar-refractivity contribution is -0.194. The molecule has 0 saturated carbocycles. The fourth-order valence-electron chi connectivity index (χ4n) is 3.10. The number of hydroxylamine groups is 2. The summed E-state index contributed by atoms with van der Waals surface area (Å²) in [4.78, 5) is 22.6. The van der Waals surface area contributed by atoms with Crippen LogP contribution in [0.15, 0.2) is 0 Å². The first kappa shape index (κ1) is 22.8. The van der Waals surface area contributed by atoms with E-state index < -0.39 is 17.4 Å². The molecule has 0 atom stereocenters. The number of aliphatic carboxylic acids is 2. The van der Waals surface area contributed by atoms with Crippen molar-refractivity contribution in [2.24, 2.45) is 5.41 Å². The molecular formula is C16H32N2O6. The standard InChI is InChI=1S/C10H22N2O2.C6H10O4/c1-9(2)7-11(14)8-10(3,4)12(9)5-6-13;1-6(2,5(9)10)3-4(7)8/h13-14H,5-8H2,1-4H3;3H2,1-2H3,(H,7,8)(H,9,10). The number of carboxylic acids is 2. The molecule has 1 saturated heterocycles. The van der Waals surface area contributed by atoms with Crippen molar-refractivity contribution in [3.8, 4) is 0 Å². The van der Waals surface area contributed by atoms with Crippen LogP contribution in [0.2, 0.25) is 0 Å². The molecule has 1 rings (SSSR count). The second-order valence-electron chi connectivity index (χ2n) is 8.08. The fourth-order valence-corrected chi connectivity index (χ4v) is 3.10. The van der Waals surface area contributed by atoms with Gasteiger partial charge in [-0.3, -0.25) is 14.5 Å². The molecule has 0 aliphatic carbocycles. The second kappa shape index (κ2) is 8.24. The van der Waals surface area contributed by atoms with Crippen LogP contribution in [0.1, 0.15) is 48.0 Å². The van der Waals surface area contributed by atoms with Gasteiger partial charge < -0.3 is 20.5 Å². The Morgan fingerprint density at radius 3 is 1.71 bits per heavy atom. The first-order valence-corrected chi connectivity index (χ1v) is 7.93. The molecular weight excluding hydrogens is 316 g/mol. The van der Waals surface area contributed by atoms with E-state index in [-0.39, 0.29) is 24.1 Å². The molecule has 0 aromatic rings. The second-order valence-corrected chi connectivity index (χ2v) is 8.08. The van der Waals surface area contributed by atoms with Crippen molar-refractivity contribution in [3.05, 3.63) is 0 Å². The third kappa shape index (κ3) is 6.72. The Hall–Kier alpha value is -1.22. The summed E-state index contributed by atoms with van der Waals surface area (Å²) in [5.41, 5.74) is -1.36. The van der Waals surface area contributed by atoms with Gasteiger partial charge in [0.2, 0.25) is 0 Å². The SMILES string of the molecule is CC(C)(CC(=O)O)C(=O)O.CC1(C)CN(O)CC(C)(C)N1CCO. The topological polar surface area (TPSA) is 122 Å². The quantitative estimate of drug-likeness (QED) is 0.583. The highest BCUT2D eigenvalue weighted by atomic mass is 16.5. The largest absolute Gasteiger partial charge is 0.481 e. The lowest BCUT2D eigenvalue weighted by atomic mass is 9.89. The molecule has 8 heteroatoms. The molecule has 8 nitrogen and oxygen atoms in total. The minimum Gasteiger partial charge on any atom is -0.481 e. The number of hydrogen-bond acceptors (Lipinski definition) is 6. The Kier molecular flexibility index (Phi) is 7.82. The van der Waals surface area contributed by atoms with Gasteiger partial charge in [-0.25, -0.2) is 0 Å². The molecule has 1 fully saturated rings. The molecule has 0 bridgehead atoms. The summed E-state index contributed by atoms with van der Waals surface area (Å²) in [6.07, 6.45) is -0.345. The molecule has 24 heavy (non-hydrogen) atoms. The summed E-state index contributed by atoms with van der Waals surface area (Å²) >= 11 is 0. The fraction of sp³-hybridized carbons (Fsp3) is 0.875. The van der Waals surface area contributed by atoms with Crippen molar-refractivity contribution >= 4 is 11.9 Å². The van der Waals surface area contributed by atoms with Crippen LogP contribution in [-0.4, -0.2) is 79.7 Å². The number of β-amino-alcohol motifs (C(OH)–C–C–N with tert-alkyl or cyclic N) is 1. The average molecular weight is 348 g/mol. The number of aliphatic hydroxyl groups excluding tert-OH is 1. The molecule has 0 aromatic heterocycles. The number of carbonyl (C=O) groups is 2. The highest BCUT2D eigenvalue weighted by Gasteiger charge is 2.43. The molecule has 1 aliphatic heterocycles. The number of carboxylic acid groups (broad SMARTS) is 2. The zero-order valence-corrected chi connectivity index (χ0v) is 15.5. The number of aliphatic hydroxyl groups is 1. The maximum atomic E-state index is 10.3. The molecule has 1 heterocycles. The van der Waals surface area contributed by atoms with Crippen LogP contribution in [0.3, 0.4) is 0 Å². The van der Waals surface area contributed by atoms with E-state index in [1.165, 1.54) is 18.9 Å². The third-order valence-electron chi connectivity index (χ3n) is 4.10. The van der Waals surface area contributed by atoms with Crippen LogP contribution in [0, 0.1) is 5.41 Å². The first-order chi connectivity index (χ1) is 10.7. The van der Waals surface area contributed by atoms with Gasteiger partial charge in [-0.2, -0.15) is 5.06 Å². The van der Waals surface area contributed by atoms with Crippen LogP contribution in [0.4, 0.5) is 0 Å². The smallest absolute Gasteiger partial charge is 0.309 e. The highest BCUT2D eigenvalue weighted by Crippen LogP contribution is 2.30. The van der Waals surface area contributed by atoms with E-state index in [0.29, 0.717) is 19.6 Å². The van der Waals surface area contributed by atoms with E-state index in [9.17, 15) is 14.8 Å². The Morgan fingerprint density at radius 2 is 1.46 bits per heavy atom. The normalized spacial score (nSPS) is 20.8. The molecule has 0 aromatic carbocycles. The lowest BCUT2D eigenvalue weighted by Crippen LogP contribution is -2.68. The first-order valence-electron chi connectivity index (χ1n) is 7.93. The van der Waals surface area contributed by atoms with Gasteiger partial charge in [0.05, 0.1) is 18.4 Å². The highest BCUT2D eigenvalue weighted by molar-refractivity contribution is 5.80. The molecule has 0 amide bonds. The molecule has 142 valence electrons. The van der Waals surface area contributed by atoms with Crippen LogP contribution in [-0.2, 0) is 9.59 Å². The molecule has 0 radical (unpaired) electrons. The Morgan fingerprint density at radius 1 is 1.04 bits per heavy atom. The van der Waals surface area contributed by atoms with E-state index in [4.69, 9.17) is 15.3 Å². The van der Waals surface area contributed by atoms with Gasteiger partial charge in [0, 0.05) is 30.7 Å². The molecule has 4 N–H and O–H groups in total. The predicted molar refractivity (Wildman–Crippen MR) is 89.0 cm³/mol. The Labute approximate surface area is 143 Å². The van der Waals surface area contributed by atoms with E-state index in [1.54, 1.807) is 0 Å². The summed E-state index contributed by atoms with van der Waals surface area (Å²) in [7, 11) is 0. The van der Waals surface area contributed by atoms with Crippen molar-refractivity contribution in [2.45, 2.75) is 59.0 Å². The Bertz CT molecular complexity index is 430. The van der Waals surface area contributed by atoms with E-state index >= 15 is 0 Å². The van der Waals surface area contributed by atoms with Crippen molar-refractivity contribution < 1.29 is 30.1 Å². The van der Waals surface area contributed by atoms with Crippen molar-refractivity contribution in [3.63, 3.8) is 0 Å². The number of nitrogens with zero attached hydrogens (tertiary/aromatic N) is 2. The number of rotatable bonds is 5. The molecule has 1 aliphatic rings. The monoisotopic (exact) mass is 348 g/mol. The maximum Gasteiger partial charge on any atom is 0.309 e. The van der Waals surface area contributed by atoms with Crippen LogP contribution >= 0.6 is 0 Å². The maximum absolute atomic E-state index is 10.3. The summed E-state index contributed by atoms with van der Waals surface area (Å²) in [5.74, 6) is -2.18.